The summed E-state index contributed by atoms with van der Waals surface area (Å²) in [6.07, 6.45) is -4.82. The highest BCUT2D eigenvalue weighted by atomic mass is 32.2. The maximum atomic E-state index is 13.3. The Labute approximate surface area is 217 Å². The summed E-state index contributed by atoms with van der Waals surface area (Å²) in [5.74, 6) is -2.92. The normalized spacial score (nSPS) is 14.7. The summed E-state index contributed by atoms with van der Waals surface area (Å²) in [7, 11) is -3.29. The van der Waals surface area contributed by atoms with Gasteiger partial charge in [-0.15, -0.1) is 0 Å². The molecule has 2 aromatic rings. The molecule has 206 valence electrons. The molecule has 14 heteroatoms. The number of rotatable bonds is 7. The van der Waals surface area contributed by atoms with Crippen LogP contribution >= 0.6 is 0 Å². The van der Waals surface area contributed by atoms with Crippen LogP contribution in [0.15, 0.2) is 36.4 Å². The minimum absolute atomic E-state index is 0.0241. The van der Waals surface area contributed by atoms with Gasteiger partial charge in [0, 0.05) is 29.9 Å². The number of nitrogens with one attached hydrogen (secondary N) is 3. The van der Waals surface area contributed by atoms with Crippen LogP contribution in [0.25, 0.3) is 0 Å². The molecule has 0 unspecified atom stereocenters. The van der Waals surface area contributed by atoms with Crippen molar-refractivity contribution >= 4 is 44.9 Å². The van der Waals surface area contributed by atoms with Crippen molar-refractivity contribution in [2.24, 2.45) is 0 Å². The van der Waals surface area contributed by atoms with E-state index in [-0.39, 0.29) is 41.3 Å². The SMILES string of the molecule is COc1c(C(=O)Nc2ccc(NS(=O)(=O)CC(F)(F)F)cc2)cc(N2C(=O)CCNC2=O)cc1C(C)(C)C. The number of nitrogens with zero attached hydrogens (tertiary/aromatic N) is 1. The van der Waals surface area contributed by atoms with Crippen LogP contribution in [0.1, 0.15) is 43.1 Å². The van der Waals surface area contributed by atoms with Gasteiger partial charge >= 0.3 is 12.2 Å². The Morgan fingerprint density at radius 2 is 1.68 bits per heavy atom. The van der Waals surface area contributed by atoms with Crippen LogP contribution in [0.2, 0.25) is 0 Å². The third kappa shape index (κ3) is 6.94. The predicted molar refractivity (Wildman–Crippen MR) is 135 cm³/mol. The number of hydrogen-bond donors (Lipinski definition) is 3. The first-order chi connectivity index (χ1) is 17.5. The Balaban J connectivity index is 1.93. The van der Waals surface area contributed by atoms with Crippen molar-refractivity contribution in [3.8, 4) is 5.75 Å². The second-order valence-corrected chi connectivity index (χ2v) is 11.3. The number of carbonyl (C=O) groups excluding carboxylic acids is 3. The Hall–Kier alpha value is -3.81. The highest BCUT2D eigenvalue weighted by Crippen LogP contribution is 2.38. The third-order valence-electron chi connectivity index (χ3n) is 5.43. The molecule has 0 radical (unpaired) electrons. The zero-order valence-electron chi connectivity index (χ0n) is 21.0. The second-order valence-electron chi connectivity index (χ2n) is 9.54. The Morgan fingerprint density at radius 3 is 2.21 bits per heavy atom. The first kappa shape index (κ1) is 28.8. The van der Waals surface area contributed by atoms with Crippen LogP contribution in [0.3, 0.4) is 0 Å². The Morgan fingerprint density at radius 1 is 1.08 bits per heavy atom. The van der Waals surface area contributed by atoms with Gasteiger partial charge in [0.1, 0.15) is 5.75 Å². The summed E-state index contributed by atoms with van der Waals surface area (Å²) in [5.41, 5.74) is 0.277. The van der Waals surface area contributed by atoms with Crippen molar-refractivity contribution < 1.29 is 40.7 Å². The van der Waals surface area contributed by atoms with Crippen molar-refractivity contribution in [2.75, 3.05) is 34.3 Å². The number of hydrogen-bond acceptors (Lipinski definition) is 6. The van der Waals surface area contributed by atoms with Gasteiger partial charge in [0.15, 0.2) is 5.75 Å². The molecule has 2 aromatic carbocycles. The van der Waals surface area contributed by atoms with Crippen LogP contribution in [-0.4, -0.2) is 51.8 Å². The molecule has 0 atom stereocenters. The topological polar surface area (TPSA) is 134 Å². The maximum absolute atomic E-state index is 13.3. The van der Waals surface area contributed by atoms with E-state index < -0.39 is 45.2 Å². The quantitative estimate of drug-likeness (QED) is 0.472. The number of amides is 4. The molecule has 3 N–H and O–H groups in total. The van der Waals surface area contributed by atoms with E-state index in [9.17, 15) is 36.0 Å². The highest BCUT2D eigenvalue weighted by molar-refractivity contribution is 7.92. The number of sulfonamides is 1. The molecule has 1 heterocycles. The van der Waals surface area contributed by atoms with E-state index in [2.05, 4.69) is 10.6 Å². The molecule has 1 aliphatic heterocycles. The molecule has 0 aliphatic carbocycles. The first-order valence-corrected chi connectivity index (χ1v) is 13.0. The van der Waals surface area contributed by atoms with E-state index in [1.165, 1.54) is 37.4 Å². The van der Waals surface area contributed by atoms with Crippen LogP contribution in [0.4, 0.5) is 35.0 Å². The molecule has 0 aromatic heterocycles. The first-order valence-electron chi connectivity index (χ1n) is 11.3. The summed E-state index contributed by atoms with van der Waals surface area (Å²) < 4.78 is 68.1. The summed E-state index contributed by atoms with van der Waals surface area (Å²) in [6.45, 7) is 5.80. The van der Waals surface area contributed by atoms with Gasteiger partial charge in [0.25, 0.3) is 5.91 Å². The van der Waals surface area contributed by atoms with Gasteiger partial charge in [-0.25, -0.2) is 18.1 Å². The summed E-state index contributed by atoms with van der Waals surface area (Å²) in [6, 6.07) is 7.31. The summed E-state index contributed by atoms with van der Waals surface area (Å²) >= 11 is 0. The molecule has 38 heavy (non-hydrogen) atoms. The molecular formula is C24H27F3N4O6S. The van der Waals surface area contributed by atoms with Crippen LogP contribution in [0, 0.1) is 0 Å². The third-order valence-corrected chi connectivity index (χ3v) is 6.68. The van der Waals surface area contributed by atoms with E-state index in [1.807, 2.05) is 25.5 Å². The molecule has 10 nitrogen and oxygen atoms in total. The number of methoxy groups -OCH3 is 1. The minimum Gasteiger partial charge on any atom is -0.496 e. The van der Waals surface area contributed by atoms with Gasteiger partial charge in [-0.2, -0.15) is 13.2 Å². The Kier molecular flexibility index (Phi) is 7.96. The largest absolute Gasteiger partial charge is 0.496 e. The molecule has 0 spiro atoms. The van der Waals surface area contributed by atoms with Crippen LogP contribution in [0.5, 0.6) is 5.75 Å². The van der Waals surface area contributed by atoms with E-state index in [0.717, 1.165) is 4.90 Å². The predicted octanol–water partition coefficient (Wildman–Crippen LogP) is 4.00. The number of benzene rings is 2. The fourth-order valence-corrected chi connectivity index (χ4v) is 4.78. The molecule has 1 saturated heterocycles. The van der Waals surface area contributed by atoms with E-state index in [0.29, 0.717) is 5.56 Å². The molecule has 4 amide bonds. The number of anilines is 3. The van der Waals surface area contributed by atoms with Crippen LogP contribution in [-0.2, 0) is 20.2 Å². The molecule has 0 bridgehead atoms. The number of ether oxygens (including phenoxy) is 1. The molecule has 3 rings (SSSR count). The maximum Gasteiger partial charge on any atom is 0.404 e. The van der Waals surface area contributed by atoms with E-state index in [1.54, 1.807) is 6.07 Å². The lowest BCUT2D eigenvalue weighted by molar-refractivity contribution is -0.118. The zero-order chi connectivity index (χ0) is 28.5. The van der Waals surface area contributed by atoms with Crippen molar-refractivity contribution in [3.63, 3.8) is 0 Å². The van der Waals surface area contributed by atoms with Crippen molar-refractivity contribution in [1.82, 2.24) is 5.32 Å². The zero-order valence-corrected chi connectivity index (χ0v) is 21.8. The van der Waals surface area contributed by atoms with Crippen molar-refractivity contribution in [1.29, 1.82) is 0 Å². The number of halogens is 3. The molecular weight excluding hydrogens is 529 g/mol. The summed E-state index contributed by atoms with van der Waals surface area (Å²) in [4.78, 5) is 39.2. The highest BCUT2D eigenvalue weighted by Gasteiger charge is 2.35. The van der Waals surface area contributed by atoms with Gasteiger partial charge < -0.3 is 15.4 Å². The average molecular weight is 557 g/mol. The Bertz CT molecular complexity index is 1340. The van der Waals surface area contributed by atoms with Crippen molar-refractivity contribution in [3.05, 3.63) is 47.5 Å². The number of alkyl halides is 3. The fourth-order valence-electron chi connectivity index (χ4n) is 3.78. The molecule has 1 aliphatic rings. The number of urea groups is 1. The van der Waals surface area contributed by atoms with Gasteiger partial charge in [0.2, 0.25) is 15.9 Å². The average Bonchev–Trinajstić information content (AvgIpc) is 2.77. The molecule has 0 saturated carbocycles. The summed E-state index contributed by atoms with van der Waals surface area (Å²) in [5, 5.41) is 5.21. The minimum atomic E-state index is -4.90. The van der Waals surface area contributed by atoms with Gasteiger partial charge in [-0.1, -0.05) is 20.8 Å². The monoisotopic (exact) mass is 556 g/mol. The standard InChI is InChI=1S/C24H27F3N4O6S/c1-23(2,3)18-12-16(31-19(32)9-10-28-22(31)34)11-17(20(18)37-4)21(33)29-14-5-7-15(8-6-14)30-38(35,36)13-24(25,26)27/h5-8,11-12,30H,9-10,13H2,1-4H3,(H,28,34)(H,29,33). The van der Waals surface area contributed by atoms with Gasteiger partial charge in [-0.05, 0) is 41.8 Å². The second kappa shape index (κ2) is 10.5. The lowest BCUT2D eigenvalue weighted by atomic mass is 9.84. The van der Waals surface area contributed by atoms with Crippen LogP contribution < -0.4 is 25.0 Å². The van der Waals surface area contributed by atoms with E-state index >= 15 is 0 Å². The van der Waals surface area contributed by atoms with Gasteiger partial charge in [-0.3, -0.25) is 14.3 Å². The number of imide groups is 1. The lowest BCUT2D eigenvalue weighted by Gasteiger charge is -2.30. The van der Waals surface area contributed by atoms with E-state index in [4.69, 9.17) is 4.74 Å². The fraction of sp³-hybridized carbons (Fsp3) is 0.375. The molecule has 1 fully saturated rings. The number of carbonyl (C=O) groups is 3. The smallest absolute Gasteiger partial charge is 0.404 e. The van der Waals surface area contributed by atoms with Crippen molar-refractivity contribution in [2.45, 2.75) is 38.8 Å². The van der Waals surface area contributed by atoms with Gasteiger partial charge in [0.05, 0.1) is 18.4 Å². The lowest BCUT2D eigenvalue weighted by Crippen LogP contribution is -2.50.